The Morgan fingerprint density at radius 1 is 1.53 bits per heavy atom. The summed E-state index contributed by atoms with van der Waals surface area (Å²) in [4.78, 5) is 0. The number of likely N-dealkylation sites (N-methyl/N-ethyl adjacent to an activating group) is 1. The second-order valence-corrected chi connectivity index (χ2v) is 3.37. The van der Waals surface area contributed by atoms with E-state index in [0.29, 0.717) is 23.8 Å². The highest BCUT2D eigenvalue weighted by Crippen LogP contribution is 2.15. The molecule has 0 heterocycles. The summed E-state index contributed by atoms with van der Waals surface area (Å²) in [5.74, 6) is -0.390. The van der Waals surface area contributed by atoms with Crippen molar-refractivity contribution in [3.05, 3.63) is 29.6 Å². The lowest BCUT2D eigenvalue weighted by Crippen LogP contribution is -2.29. The second-order valence-electron chi connectivity index (χ2n) is 3.37. The van der Waals surface area contributed by atoms with Crippen LogP contribution in [0.5, 0.6) is 0 Å². The van der Waals surface area contributed by atoms with E-state index < -0.39 is 5.82 Å². The maximum Gasteiger partial charge on any atom is 0.124 e. The van der Waals surface area contributed by atoms with Gasteiger partial charge in [-0.15, -0.1) is 0 Å². The number of rotatable bonds is 4. The normalized spacial score (nSPS) is 11.9. The van der Waals surface area contributed by atoms with Crippen molar-refractivity contribution in [3.63, 3.8) is 0 Å². The number of anilines is 1. The largest absolute Gasteiger partial charge is 0.382 e. The third-order valence-corrected chi connectivity index (χ3v) is 2.19. The van der Waals surface area contributed by atoms with E-state index >= 15 is 0 Å². The summed E-state index contributed by atoms with van der Waals surface area (Å²) < 4.78 is 12.8. The number of nitriles is 1. The van der Waals surface area contributed by atoms with Gasteiger partial charge in [-0.3, -0.25) is 0 Å². The molecular weight excluding hydrogens is 193 g/mol. The number of hydrogen-bond donors (Lipinski definition) is 2. The van der Waals surface area contributed by atoms with E-state index in [1.165, 1.54) is 12.1 Å². The highest BCUT2D eigenvalue weighted by atomic mass is 19.1. The van der Waals surface area contributed by atoms with Crippen LogP contribution in [0.4, 0.5) is 10.1 Å². The number of nitrogens with one attached hydrogen (secondary N) is 2. The number of halogens is 1. The van der Waals surface area contributed by atoms with E-state index in [0.717, 1.165) is 0 Å². The molecule has 0 saturated carbocycles. The van der Waals surface area contributed by atoms with Crippen LogP contribution in [0.1, 0.15) is 12.5 Å². The van der Waals surface area contributed by atoms with E-state index in [1.807, 2.05) is 20.0 Å². The molecular formula is C11H14FN3. The van der Waals surface area contributed by atoms with Crippen LogP contribution < -0.4 is 10.6 Å². The van der Waals surface area contributed by atoms with Crippen molar-refractivity contribution in [2.24, 2.45) is 0 Å². The number of hydrogen-bond acceptors (Lipinski definition) is 3. The van der Waals surface area contributed by atoms with E-state index in [4.69, 9.17) is 5.26 Å². The summed E-state index contributed by atoms with van der Waals surface area (Å²) >= 11 is 0. The number of benzene rings is 1. The molecule has 0 aromatic heterocycles. The molecule has 0 saturated heterocycles. The highest BCUT2D eigenvalue weighted by Gasteiger charge is 2.04. The summed E-state index contributed by atoms with van der Waals surface area (Å²) in [6, 6.07) is 6.40. The molecule has 0 fully saturated rings. The standard InChI is InChI=1S/C11H14FN3/c1-8(14-2)7-15-11-4-3-10(12)5-9(11)6-13/h3-5,8,14-15H,7H2,1-2H3. The first-order valence-electron chi connectivity index (χ1n) is 4.78. The monoisotopic (exact) mass is 207 g/mol. The zero-order valence-corrected chi connectivity index (χ0v) is 8.84. The Kier molecular flexibility index (Phi) is 4.07. The van der Waals surface area contributed by atoms with Gasteiger partial charge >= 0.3 is 0 Å². The molecule has 0 aliphatic carbocycles. The van der Waals surface area contributed by atoms with E-state index in [1.54, 1.807) is 6.07 Å². The smallest absolute Gasteiger partial charge is 0.124 e. The average Bonchev–Trinajstić information content (AvgIpc) is 2.26. The quantitative estimate of drug-likeness (QED) is 0.790. The first-order valence-corrected chi connectivity index (χ1v) is 4.78. The first-order chi connectivity index (χ1) is 7.17. The van der Waals surface area contributed by atoms with Crippen molar-refractivity contribution in [1.82, 2.24) is 5.32 Å². The molecule has 0 spiro atoms. The Morgan fingerprint density at radius 3 is 2.87 bits per heavy atom. The lowest BCUT2D eigenvalue weighted by atomic mass is 10.2. The molecule has 4 heteroatoms. The molecule has 1 unspecified atom stereocenters. The Labute approximate surface area is 88.9 Å². The molecule has 3 nitrogen and oxygen atoms in total. The molecule has 0 bridgehead atoms. The fraction of sp³-hybridized carbons (Fsp3) is 0.364. The molecule has 2 N–H and O–H groups in total. The molecule has 0 aliphatic rings. The fourth-order valence-electron chi connectivity index (χ4n) is 1.13. The van der Waals surface area contributed by atoms with Crippen LogP contribution in [0.25, 0.3) is 0 Å². The van der Waals surface area contributed by atoms with Crippen molar-refractivity contribution >= 4 is 5.69 Å². The lowest BCUT2D eigenvalue weighted by molar-refractivity contribution is 0.626. The lowest BCUT2D eigenvalue weighted by Gasteiger charge is -2.13. The van der Waals surface area contributed by atoms with Gasteiger partial charge in [0.2, 0.25) is 0 Å². The van der Waals surface area contributed by atoms with Crippen molar-refractivity contribution in [2.75, 3.05) is 18.9 Å². The van der Waals surface area contributed by atoms with Gasteiger partial charge in [-0.25, -0.2) is 4.39 Å². The Morgan fingerprint density at radius 2 is 2.27 bits per heavy atom. The molecule has 1 aromatic carbocycles. The molecule has 0 radical (unpaired) electrons. The molecule has 0 aliphatic heterocycles. The second kappa shape index (κ2) is 5.32. The minimum absolute atomic E-state index is 0.293. The average molecular weight is 207 g/mol. The Hall–Kier alpha value is -1.60. The van der Waals surface area contributed by atoms with Gasteiger partial charge in [0.15, 0.2) is 0 Å². The molecule has 1 rings (SSSR count). The van der Waals surface area contributed by atoms with E-state index in [2.05, 4.69) is 10.6 Å². The predicted octanol–water partition coefficient (Wildman–Crippen LogP) is 1.72. The molecule has 0 amide bonds. The third-order valence-electron chi connectivity index (χ3n) is 2.19. The maximum atomic E-state index is 12.8. The van der Waals surface area contributed by atoms with Crippen LogP contribution in [0, 0.1) is 17.1 Å². The van der Waals surface area contributed by atoms with Crippen LogP contribution >= 0.6 is 0 Å². The van der Waals surface area contributed by atoms with Crippen LogP contribution in [0.2, 0.25) is 0 Å². The van der Waals surface area contributed by atoms with Gasteiger partial charge in [0.1, 0.15) is 11.9 Å². The van der Waals surface area contributed by atoms with Crippen LogP contribution in [-0.2, 0) is 0 Å². The number of nitrogens with zero attached hydrogens (tertiary/aromatic N) is 1. The topological polar surface area (TPSA) is 47.8 Å². The minimum Gasteiger partial charge on any atom is -0.382 e. The zero-order chi connectivity index (χ0) is 11.3. The summed E-state index contributed by atoms with van der Waals surface area (Å²) in [6.45, 7) is 2.71. The fourth-order valence-corrected chi connectivity index (χ4v) is 1.13. The molecule has 15 heavy (non-hydrogen) atoms. The van der Waals surface area contributed by atoms with Gasteiger partial charge in [-0.1, -0.05) is 0 Å². The molecule has 1 aromatic rings. The van der Waals surface area contributed by atoms with Crippen molar-refractivity contribution < 1.29 is 4.39 Å². The van der Waals surface area contributed by atoms with E-state index in [-0.39, 0.29) is 0 Å². The van der Waals surface area contributed by atoms with E-state index in [9.17, 15) is 4.39 Å². The molecule has 1 atom stereocenters. The Balaban J connectivity index is 2.73. The zero-order valence-electron chi connectivity index (χ0n) is 8.84. The maximum absolute atomic E-state index is 12.8. The summed E-state index contributed by atoms with van der Waals surface area (Å²) in [6.07, 6.45) is 0. The summed E-state index contributed by atoms with van der Waals surface area (Å²) in [5, 5.41) is 14.9. The van der Waals surface area contributed by atoms with Crippen LogP contribution in [0.15, 0.2) is 18.2 Å². The van der Waals surface area contributed by atoms with Crippen molar-refractivity contribution in [2.45, 2.75) is 13.0 Å². The van der Waals surface area contributed by atoms with Crippen LogP contribution in [0.3, 0.4) is 0 Å². The van der Waals surface area contributed by atoms with Gasteiger partial charge in [-0.2, -0.15) is 5.26 Å². The highest BCUT2D eigenvalue weighted by molar-refractivity contribution is 5.57. The Bertz CT molecular complexity index is 371. The van der Waals surface area contributed by atoms with Gasteiger partial charge in [-0.05, 0) is 32.2 Å². The summed E-state index contributed by atoms with van der Waals surface area (Å²) in [7, 11) is 1.86. The SMILES string of the molecule is CNC(C)CNc1ccc(F)cc1C#N. The van der Waals surface area contributed by atoms with Crippen molar-refractivity contribution in [3.8, 4) is 6.07 Å². The minimum atomic E-state index is -0.390. The van der Waals surface area contributed by atoms with Gasteiger partial charge in [0.05, 0.1) is 11.3 Å². The third kappa shape index (κ3) is 3.22. The van der Waals surface area contributed by atoms with Crippen LogP contribution in [-0.4, -0.2) is 19.6 Å². The van der Waals surface area contributed by atoms with Gasteiger partial charge in [0.25, 0.3) is 0 Å². The van der Waals surface area contributed by atoms with Gasteiger partial charge in [0, 0.05) is 12.6 Å². The van der Waals surface area contributed by atoms with Gasteiger partial charge < -0.3 is 10.6 Å². The van der Waals surface area contributed by atoms with Crippen molar-refractivity contribution in [1.29, 1.82) is 5.26 Å². The first kappa shape index (κ1) is 11.5. The summed E-state index contributed by atoms with van der Waals surface area (Å²) in [5.41, 5.74) is 0.999. The predicted molar refractivity (Wildman–Crippen MR) is 58.1 cm³/mol. The molecule has 80 valence electrons.